The first-order valence-electron chi connectivity index (χ1n) is 10.7. The van der Waals surface area contributed by atoms with Gasteiger partial charge in [0.25, 0.3) is 10.0 Å². The molecule has 4 unspecified atom stereocenters. The van der Waals surface area contributed by atoms with Crippen LogP contribution in [0.2, 0.25) is 0 Å². The van der Waals surface area contributed by atoms with Crippen molar-refractivity contribution in [2.45, 2.75) is 76.6 Å². The van der Waals surface area contributed by atoms with Crippen molar-refractivity contribution in [1.82, 2.24) is 4.83 Å². The molecule has 4 atom stereocenters. The van der Waals surface area contributed by atoms with Crippen molar-refractivity contribution >= 4 is 15.7 Å². The molecule has 1 aliphatic heterocycles. The Morgan fingerprint density at radius 2 is 1.97 bits per heavy atom. The molecule has 1 N–H and O–H groups in total. The van der Waals surface area contributed by atoms with Crippen molar-refractivity contribution in [3.05, 3.63) is 29.8 Å². The van der Waals surface area contributed by atoms with E-state index >= 15 is 0 Å². The lowest BCUT2D eigenvalue weighted by Gasteiger charge is -2.52. The molecule has 3 aliphatic carbocycles. The molecule has 1 aromatic rings. The Morgan fingerprint density at radius 1 is 1.21 bits per heavy atom. The van der Waals surface area contributed by atoms with Gasteiger partial charge in [0.15, 0.2) is 6.29 Å². The van der Waals surface area contributed by atoms with Crippen LogP contribution in [-0.4, -0.2) is 33.1 Å². The fourth-order valence-electron chi connectivity index (χ4n) is 4.91. The zero-order valence-electron chi connectivity index (χ0n) is 17.6. The molecule has 4 fully saturated rings. The lowest BCUT2D eigenvalue weighted by Crippen LogP contribution is -2.52. The van der Waals surface area contributed by atoms with Crippen LogP contribution in [0.1, 0.15) is 57.9 Å². The molecule has 0 aromatic heterocycles. The summed E-state index contributed by atoms with van der Waals surface area (Å²) in [5, 5.41) is 4.40. The Hall–Kier alpha value is -1.44. The average molecular weight is 421 g/mol. The van der Waals surface area contributed by atoms with Gasteiger partial charge in [-0.3, -0.25) is 0 Å². The van der Waals surface area contributed by atoms with Crippen LogP contribution < -0.4 is 4.83 Å². The maximum atomic E-state index is 12.6. The smallest absolute Gasteiger partial charge is 0.276 e. The number of rotatable bonds is 5. The molecule has 0 radical (unpaired) electrons. The molecule has 160 valence electrons. The summed E-state index contributed by atoms with van der Waals surface area (Å²) in [6, 6.07) is 6.81. The summed E-state index contributed by atoms with van der Waals surface area (Å²) in [5.74, 6) is 0.560. The normalized spacial score (nSPS) is 33.0. The second-order valence-electron chi connectivity index (χ2n) is 9.42. The molecule has 6 nitrogen and oxygen atoms in total. The summed E-state index contributed by atoms with van der Waals surface area (Å²) in [6.07, 6.45) is 5.84. The van der Waals surface area contributed by atoms with Gasteiger partial charge in [-0.1, -0.05) is 31.5 Å². The van der Waals surface area contributed by atoms with Crippen LogP contribution >= 0.6 is 0 Å². The minimum atomic E-state index is -3.67. The largest absolute Gasteiger partial charge is 0.353 e. The number of sulfonamides is 1. The Labute approximate surface area is 174 Å². The van der Waals surface area contributed by atoms with E-state index in [1.165, 1.54) is 0 Å². The first kappa shape index (κ1) is 20.8. The molecule has 7 heteroatoms. The number of fused-ring (bicyclic) bond motifs is 3. The van der Waals surface area contributed by atoms with Crippen LogP contribution in [0.5, 0.6) is 0 Å². The number of hydrazone groups is 1. The van der Waals surface area contributed by atoms with E-state index in [2.05, 4.69) is 23.8 Å². The van der Waals surface area contributed by atoms with E-state index in [4.69, 9.17) is 9.47 Å². The van der Waals surface area contributed by atoms with Crippen molar-refractivity contribution < 1.29 is 17.9 Å². The zero-order valence-corrected chi connectivity index (χ0v) is 18.4. The van der Waals surface area contributed by atoms with Gasteiger partial charge >= 0.3 is 0 Å². The summed E-state index contributed by atoms with van der Waals surface area (Å²) < 4.78 is 37.4. The minimum absolute atomic E-state index is 0.0486. The fraction of sp³-hybridized carbons (Fsp3) is 0.682. The second-order valence-corrected chi connectivity index (χ2v) is 11.1. The van der Waals surface area contributed by atoms with Crippen molar-refractivity contribution in [2.24, 2.45) is 22.4 Å². The van der Waals surface area contributed by atoms with Crippen LogP contribution in [-0.2, 0) is 19.5 Å². The van der Waals surface area contributed by atoms with E-state index < -0.39 is 10.0 Å². The molecule has 3 saturated carbocycles. The molecule has 2 bridgehead atoms. The summed E-state index contributed by atoms with van der Waals surface area (Å²) in [4.78, 5) is 2.71. The highest BCUT2D eigenvalue weighted by atomic mass is 32.2. The highest BCUT2D eigenvalue weighted by Crippen LogP contribution is 2.52. The van der Waals surface area contributed by atoms with E-state index in [9.17, 15) is 8.42 Å². The third-order valence-corrected chi connectivity index (χ3v) is 8.03. The lowest BCUT2D eigenvalue weighted by molar-refractivity contribution is -0.211. The highest BCUT2D eigenvalue weighted by Gasteiger charge is 2.50. The quantitative estimate of drug-likeness (QED) is 0.731. The van der Waals surface area contributed by atoms with Crippen molar-refractivity contribution in [3.8, 4) is 0 Å². The molecule has 0 amide bonds. The highest BCUT2D eigenvalue weighted by molar-refractivity contribution is 7.89. The minimum Gasteiger partial charge on any atom is -0.353 e. The topological polar surface area (TPSA) is 77.0 Å². The molecule has 0 spiro atoms. The van der Waals surface area contributed by atoms with Gasteiger partial charge in [-0.15, -0.1) is 0 Å². The van der Waals surface area contributed by atoms with Gasteiger partial charge in [-0.2, -0.15) is 13.5 Å². The second kappa shape index (κ2) is 8.00. The average Bonchev–Trinajstić information content (AvgIpc) is 2.68. The van der Waals surface area contributed by atoms with E-state index in [1.54, 1.807) is 24.3 Å². The molecular weight excluding hydrogens is 388 g/mol. The first-order valence-corrected chi connectivity index (χ1v) is 12.1. The molecule has 29 heavy (non-hydrogen) atoms. The number of aryl methyl sites for hydroxylation is 1. The van der Waals surface area contributed by atoms with Gasteiger partial charge in [0, 0.05) is 18.2 Å². The molecule has 4 aliphatic rings. The van der Waals surface area contributed by atoms with Crippen molar-refractivity contribution in [1.29, 1.82) is 0 Å². The summed E-state index contributed by atoms with van der Waals surface area (Å²) in [7, 11) is -3.67. The van der Waals surface area contributed by atoms with Crippen molar-refractivity contribution in [3.63, 3.8) is 0 Å². The number of hydrogen-bond acceptors (Lipinski definition) is 5. The van der Waals surface area contributed by atoms with E-state index in [0.717, 1.165) is 56.4 Å². The van der Waals surface area contributed by atoms with Gasteiger partial charge < -0.3 is 9.47 Å². The van der Waals surface area contributed by atoms with Crippen LogP contribution in [0.15, 0.2) is 34.3 Å². The van der Waals surface area contributed by atoms with Crippen LogP contribution in [0, 0.1) is 24.2 Å². The third-order valence-electron chi connectivity index (χ3n) is 6.81. The van der Waals surface area contributed by atoms with Gasteiger partial charge in [-0.05, 0) is 68.9 Å². The van der Waals surface area contributed by atoms with Gasteiger partial charge in [0.05, 0.1) is 11.0 Å². The number of nitrogens with zero attached hydrogens (tertiary/aromatic N) is 1. The Bertz CT molecular complexity index is 857. The first-order chi connectivity index (χ1) is 13.7. The lowest BCUT2D eigenvalue weighted by atomic mass is 9.56. The number of hydrogen-bond donors (Lipinski definition) is 1. The Balaban J connectivity index is 1.51. The molecule has 1 aromatic carbocycles. The summed E-state index contributed by atoms with van der Waals surface area (Å²) in [5.41, 5.74) is 2.15. The zero-order chi connectivity index (χ0) is 20.6. The molecule has 1 heterocycles. The Kier molecular flexibility index (Phi) is 5.75. The maximum Gasteiger partial charge on any atom is 0.276 e. The van der Waals surface area contributed by atoms with Crippen LogP contribution in [0.4, 0.5) is 0 Å². The Morgan fingerprint density at radius 3 is 2.62 bits per heavy atom. The van der Waals surface area contributed by atoms with E-state index in [-0.39, 0.29) is 28.6 Å². The molecule has 5 rings (SSSR count). The monoisotopic (exact) mass is 420 g/mol. The third kappa shape index (κ3) is 4.52. The molecule has 1 saturated heterocycles. The predicted octanol–water partition coefficient (Wildman–Crippen LogP) is 4.00. The fourth-order valence-corrected chi connectivity index (χ4v) is 5.74. The maximum absolute atomic E-state index is 12.6. The van der Waals surface area contributed by atoms with E-state index in [1.807, 2.05) is 6.92 Å². The van der Waals surface area contributed by atoms with E-state index in [0.29, 0.717) is 5.92 Å². The van der Waals surface area contributed by atoms with Gasteiger partial charge in [0.2, 0.25) is 0 Å². The number of benzene rings is 1. The number of nitrogens with one attached hydrogen (secondary N) is 1. The molecular formula is C22H32N2O4S. The summed E-state index contributed by atoms with van der Waals surface area (Å²) >= 11 is 0. The van der Waals surface area contributed by atoms with Gasteiger partial charge in [0.1, 0.15) is 0 Å². The predicted molar refractivity (Wildman–Crippen MR) is 112 cm³/mol. The van der Waals surface area contributed by atoms with Crippen molar-refractivity contribution in [2.75, 3.05) is 6.61 Å². The van der Waals surface area contributed by atoms with Gasteiger partial charge in [-0.25, -0.2) is 4.83 Å². The standard InChI is InChI=1S/C22H32N2O4S/c1-15-7-9-17(10-8-15)29(25,26)24-23-19-12-16-13-20(18(19)14-22(16,2)3)28-21-6-4-5-11-27-21/h7-10,16,18,20-21,24H,4-6,11-14H2,1-3H3. The van der Waals surface area contributed by atoms with Crippen LogP contribution in [0.25, 0.3) is 0 Å². The number of ether oxygens (including phenoxy) is 2. The van der Waals surface area contributed by atoms with Crippen LogP contribution in [0.3, 0.4) is 0 Å². The SMILES string of the molecule is Cc1ccc(S(=O)(=O)NN=C2CC3CC(OC4CCCCO4)C2CC3(C)C)cc1. The summed E-state index contributed by atoms with van der Waals surface area (Å²) in [6.45, 7) is 7.28.